The molecule has 0 N–H and O–H groups in total. The molecule has 1 heterocycles. The zero-order valence-corrected chi connectivity index (χ0v) is 41.5. The van der Waals surface area contributed by atoms with Crippen LogP contribution in [0.15, 0.2) is 70.4 Å². The quantitative estimate of drug-likeness (QED) is 0.0800. The summed E-state index contributed by atoms with van der Waals surface area (Å²) in [6, 6.07) is 15.7. The van der Waals surface area contributed by atoms with Crippen LogP contribution in [0, 0.1) is 46.3 Å². The molecule has 4 fully saturated rings. The topological polar surface area (TPSA) is 100 Å². The fourth-order valence-electron chi connectivity index (χ4n) is 12.8. The van der Waals surface area contributed by atoms with Crippen LogP contribution in [-0.4, -0.2) is 103 Å². The first-order valence-electron chi connectivity index (χ1n) is 26.2. The molecule has 2 aromatic rings. The Morgan fingerprint density at radius 3 is 1.92 bits per heavy atom. The summed E-state index contributed by atoms with van der Waals surface area (Å²) in [6.45, 7) is 21.2. The molecule has 0 spiro atoms. The molecular weight excluding hydrogens is 827 g/mol. The maximum atomic E-state index is 13.4. The summed E-state index contributed by atoms with van der Waals surface area (Å²) in [5, 5.41) is 8.96. The van der Waals surface area contributed by atoms with Gasteiger partial charge in [-0.25, -0.2) is 4.79 Å². The van der Waals surface area contributed by atoms with Gasteiger partial charge in [0.1, 0.15) is 6.10 Å². The number of carbonyl (C=O) groups is 1. The third-order valence-electron chi connectivity index (χ3n) is 16.6. The molecule has 3 saturated carbocycles. The average Bonchev–Trinajstić information content (AvgIpc) is 3.68. The fraction of sp³-hybridized carbons (Fsp3) is 0.732. The van der Waals surface area contributed by atoms with Gasteiger partial charge in [0.05, 0.1) is 83.0 Å². The lowest BCUT2D eigenvalue weighted by Crippen LogP contribution is -2.51. The number of esters is 1. The summed E-state index contributed by atoms with van der Waals surface area (Å²) >= 11 is 0. The molecule has 5 aliphatic rings. The number of nitrogens with zero attached hydrogens (tertiary/aromatic N) is 3. The van der Waals surface area contributed by atoms with Crippen molar-refractivity contribution in [1.29, 1.82) is 0 Å². The molecule has 366 valence electrons. The number of fused-ring (bicyclic) bond motifs is 5. The van der Waals surface area contributed by atoms with Crippen molar-refractivity contribution >= 4 is 17.3 Å². The zero-order valence-electron chi connectivity index (χ0n) is 41.5. The number of benzene rings is 2. The number of allylic oxidation sites excluding steroid dienone is 1. The largest absolute Gasteiger partial charge is 0.458 e. The molecule has 7 rings (SSSR count). The van der Waals surface area contributed by atoms with Gasteiger partial charge in [0.15, 0.2) is 0 Å². The Balaban J connectivity index is 0.821. The highest BCUT2D eigenvalue weighted by molar-refractivity contribution is 5.89. The number of hydrogen-bond donors (Lipinski definition) is 0. The minimum Gasteiger partial charge on any atom is -0.458 e. The number of rotatable bonds is 14. The van der Waals surface area contributed by atoms with Crippen LogP contribution in [0.1, 0.15) is 134 Å². The Hall–Kier alpha value is -2.99. The number of hydrogen-bond acceptors (Lipinski definition) is 10. The Morgan fingerprint density at radius 2 is 1.30 bits per heavy atom. The standard InChI is InChI=1S/C56H85N3O7/c1-42(2)9-8-10-43(3)51-22-23-52-50-21-16-46-41-49(24-26-55(46,4)53(50)25-27-56(51,52)5)66-54(60)45-14-19-48(20-15-45)58-57-47-17-12-44(13-18-47)11-6-7-28-59-29-31-61-33-35-63-37-39-65-40-38-64-36-34-62-32-30-59/h12-20,42-43,49-53H,6-11,21-41H2,1-5H3/t43-,49+,50+,51-,52+,53+,55+,56-/m1/s1. The van der Waals surface area contributed by atoms with E-state index in [0.29, 0.717) is 82.7 Å². The van der Waals surface area contributed by atoms with Gasteiger partial charge in [0.25, 0.3) is 0 Å². The molecule has 10 nitrogen and oxygen atoms in total. The van der Waals surface area contributed by atoms with Crippen molar-refractivity contribution in [2.24, 2.45) is 56.6 Å². The fourth-order valence-corrected chi connectivity index (χ4v) is 12.8. The maximum Gasteiger partial charge on any atom is 0.338 e. The maximum absolute atomic E-state index is 13.4. The van der Waals surface area contributed by atoms with Crippen molar-refractivity contribution in [3.8, 4) is 0 Å². The van der Waals surface area contributed by atoms with E-state index in [1.54, 1.807) is 5.57 Å². The van der Waals surface area contributed by atoms with Gasteiger partial charge in [-0.3, -0.25) is 4.90 Å². The summed E-state index contributed by atoms with van der Waals surface area (Å²) in [7, 11) is 0. The number of unbranched alkanes of at least 4 members (excludes halogenated alkanes) is 1. The van der Waals surface area contributed by atoms with E-state index >= 15 is 0 Å². The van der Waals surface area contributed by atoms with Crippen molar-refractivity contribution < 1.29 is 33.2 Å². The Bertz CT molecular complexity index is 1800. The summed E-state index contributed by atoms with van der Waals surface area (Å²) < 4.78 is 34.6. The normalized spacial score (nSPS) is 30.4. The lowest BCUT2D eigenvalue weighted by molar-refractivity contribution is -0.0594. The zero-order chi connectivity index (χ0) is 46.2. The van der Waals surface area contributed by atoms with Crippen molar-refractivity contribution in [2.45, 2.75) is 131 Å². The summed E-state index contributed by atoms with van der Waals surface area (Å²) in [5.74, 6) is 4.72. The SMILES string of the molecule is CC(C)CCC[C@@H](C)[C@H]1CC[C@H]2[C@@H]3CC=C4C[C@@H](OC(=O)c5ccc(N=Nc6ccc(CCCCN7CCOCCOCCOCCOCCOCC7)cc6)cc5)CC[C@]4(C)[C@H]3CC[C@]12C. The van der Waals surface area contributed by atoms with Crippen LogP contribution >= 0.6 is 0 Å². The second-order valence-corrected chi connectivity index (χ2v) is 21.3. The Labute approximate surface area is 398 Å². The van der Waals surface area contributed by atoms with Crippen LogP contribution in [0.2, 0.25) is 0 Å². The molecule has 66 heavy (non-hydrogen) atoms. The third-order valence-corrected chi connectivity index (χ3v) is 16.6. The minimum absolute atomic E-state index is 0.0623. The lowest BCUT2D eigenvalue weighted by atomic mass is 9.47. The lowest BCUT2D eigenvalue weighted by Gasteiger charge is -2.58. The van der Waals surface area contributed by atoms with Gasteiger partial charge in [-0.2, -0.15) is 10.2 Å². The Morgan fingerprint density at radius 1 is 0.697 bits per heavy atom. The molecule has 0 unspecified atom stereocenters. The number of carbonyl (C=O) groups excluding carboxylic acids is 1. The summed E-state index contributed by atoms with van der Waals surface area (Å²) in [5.41, 5.74) is 5.67. The van der Waals surface area contributed by atoms with Gasteiger partial charge in [0.2, 0.25) is 0 Å². The molecule has 1 saturated heterocycles. The van der Waals surface area contributed by atoms with Crippen LogP contribution in [0.3, 0.4) is 0 Å². The van der Waals surface area contributed by atoms with Crippen molar-refractivity contribution in [2.75, 3.05) is 85.7 Å². The van der Waals surface area contributed by atoms with Gasteiger partial charge < -0.3 is 28.4 Å². The van der Waals surface area contributed by atoms with E-state index in [-0.39, 0.29) is 17.5 Å². The number of ether oxygens (including phenoxy) is 6. The third kappa shape index (κ3) is 14.1. The van der Waals surface area contributed by atoms with Crippen molar-refractivity contribution in [3.63, 3.8) is 0 Å². The van der Waals surface area contributed by atoms with Crippen LogP contribution < -0.4 is 0 Å². The van der Waals surface area contributed by atoms with Crippen LogP contribution in [0.25, 0.3) is 0 Å². The molecule has 2 aromatic carbocycles. The van der Waals surface area contributed by atoms with E-state index in [4.69, 9.17) is 28.4 Å². The molecule has 0 bridgehead atoms. The molecule has 0 aromatic heterocycles. The van der Waals surface area contributed by atoms with E-state index in [2.05, 4.69) is 68.0 Å². The number of aryl methyl sites for hydroxylation is 1. The Kier molecular flexibility index (Phi) is 19.7. The highest BCUT2D eigenvalue weighted by Gasteiger charge is 2.59. The van der Waals surface area contributed by atoms with Gasteiger partial charge in [-0.15, -0.1) is 0 Å². The predicted octanol–water partition coefficient (Wildman–Crippen LogP) is 12.4. The van der Waals surface area contributed by atoms with Crippen LogP contribution in [0.4, 0.5) is 11.4 Å². The summed E-state index contributed by atoms with van der Waals surface area (Å²) in [6.07, 6.45) is 19.6. The molecular formula is C56H85N3O7. The van der Waals surface area contributed by atoms with Gasteiger partial charge in [-0.05, 0) is 159 Å². The van der Waals surface area contributed by atoms with E-state index in [1.165, 1.54) is 56.9 Å². The highest BCUT2D eigenvalue weighted by atomic mass is 16.6. The molecule has 4 aliphatic carbocycles. The summed E-state index contributed by atoms with van der Waals surface area (Å²) in [4.78, 5) is 15.9. The average molecular weight is 912 g/mol. The van der Waals surface area contributed by atoms with E-state index in [9.17, 15) is 4.79 Å². The molecule has 10 heteroatoms. The highest BCUT2D eigenvalue weighted by Crippen LogP contribution is 2.67. The molecule has 0 amide bonds. The van der Waals surface area contributed by atoms with Crippen LogP contribution in [-0.2, 0) is 34.8 Å². The van der Waals surface area contributed by atoms with Gasteiger partial charge >= 0.3 is 5.97 Å². The first-order chi connectivity index (χ1) is 32.1. The van der Waals surface area contributed by atoms with Crippen molar-refractivity contribution in [3.05, 3.63) is 71.3 Å². The van der Waals surface area contributed by atoms with Gasteiger partial charge in [0, 0.05) is 19.5 Å². The second-order valence-electron chi connectivity index (χ2n) is 21.3. The first-order valence-corrected chi connectivity index (χ1v) is 26.2. The monoisotopic (exact) mass is 912 g/mol. The van der Waals surface area contributed by atoms with E-state index < -0.39 is 0 Å². The molecule has 0 radical (unpaired) electrons. The molecule has 1 aliphatic heterocycles. The van der Waals surface area contributed by atoms with E-state index in [1.807, 2.05) is 36.4 Å². The predicted molar refractivity (Wildman–Crippen MR) is 263 cm³/mol. The van der Waals surface area contributed by atoms with E-state index in [0.717, 1.165) is 99.4 Å². The van der Waals surface area contributed by atoms with Crippen LogP contribution in [0.5, 0.6) is 0 Å². The number of azo groups is 1. The second kappa shape index (κ2) is 25.6. The minimum atomic E-state index is -0.240. The van der Waals surface area contributed by atoms with Gasteiger partial charge in [-0.1, -0.05) is 77.7 Å². The smallest absolute Gasteiger partial charge is 0.338 e. The van der Waals surface area contributed by atoms with Crippen molar-refractivity contribution in [1.82, 2.24) is 4.90 Å². The molecule has 8 atom stereocenters. The first kappa shape index (κ1) is 50.9.